The highest BCUT2D eigenvalue weighted by Gasteiger charge is 2.07. The highest BCUT2D eigenvalue weighted by Crippen LogP contribution is 2.22. The first-order valence-electron chi connectivity index (χ1n) is 5.95. The average Bonchev–Trinajstić information content (AvgIpc) is 2.88. The minimum Gasteiger partial charge on any atom is -0.325 e. The minimum atomic E-state index is 0.815. The van der Waals surface area contributed by atoms with Gasteiger partial charge in [0, 0.05) is 21.7 Å². The van der Waals surface area contributed by atoms with E-state index >= 15 is 0 Å². The summed E-state index contributed by atoms with van der Waals surface area (Å²) in [7, 11) is 0. The standard InChI is InChI=1S/C15H12IN3/c16-13-8-4-5-9-14(13)19-11-10-17-15(19)18-12-6-2-1-3-7-12/h1-11H,(H,17,18). The van der Waals surface area contributed by atoms with Gasteiger partial charge in [0.25, 0.3) is 0 Å². The largest absolute Gasteiger partial charge is 0.325 e. The van der Waals surface area contributed by atoms with Crippen molar-refractivity contribution in [3.05, 3.63) is 70.6 Å². The molecule has 3 aromatic rings. The Morgan fingerprint density at radius 2 is 1.68 bits per heavy atom. The molecule has 2 aromatic carbocycles. The second kappa shape index (κ2) is 5.44. The Hall–Kier alpha value is -1.82. The molecule has 4 heteroatoms. The summed E-state index contributed by atoms with van der Waals surface area (Å²) in [6, 6.07) is 18.3. The van der Waals surface area contributed by atoms with Crippen LogP contribution in [0.4, 0.5) is 11.6 Å². The van der Waals surface area contributed by atoms with Crippen molar-refractivity contribution in [1.29, 1.82) is 0 Å². The minimum absolute atomic E-state index is 0.815. The number of hydrogen-bond acceptors (Lipinski definition) is 2. The van der Waals surface area contributed by atoms with E-state index in [1.807, 2.05) is 48.7 Å². The molecule has 0 radical (unpaired) electrons. The van der Waals surface area contributed by atoms with Gasteiger partial charge in [-0.3, -0.25) is 4.57 Å². The van der Waals surface area contributed by atoms with Crippen molar-refractivity contribution in [2.24, 2.45) is 0 Å². The van der Waals surface area contributed by atoms with Gasteiger partial charge in [-0.1, -0.05) is 30.3 Å². The highest BCUT2D eigenvalue weighted by molar-refractivity contribution is 14.1. The van der Waals surface area contributed by atoms with Crippen molar-refractivity contribution < 1.29 is 0 Å². The number of halogens is 1. The summed E-state index contributed by atoms with van der Waals surface area (Å²) in [5, 5.41) is 3.33. The van der Waals surface area contributed by atoms with Gasteiger partial charge in [-0.25, -0.2) is 4.98 Å². The second-order valence-corrected chi connectivity index (χ2v) is 5.23. The molecule has 1 heterocycles. The van der Waals surface area contributed by atoms with Gasteiger partial charge in [0.15, 0.2) is 0 Å². The van der Waals surface area contributed by atoms with Crippen LogP contribution in [0.5, 0.6) is 0 Å². The molecule has 1 aromatic heterocycles. The van der Waals surface area contributed by atoms with Crippen LogP contribution in [0.15, 0.2) is 67.0 Å². The third kappa shape index (κ3) is 2.63. The number of aromatic nitrogens is 2. The van der Waals surface area contributed by atoms with E-state index < -0.39 is 0 Å². The summed E-state index contributed by atoms with van der Waals surface area (Å²) < 4.78 is 3.24. The van der Waals surface area contributed by atoms with Crippen molar-refractivity contribution in [1.82, 2.24) is 9.55 Å². The summed E-state index contributed by atoms with van der Waals surface area (Å²) in [4.78, 5) is 4.38. The first-order valence-corrected chi connectivity index (χ1v) is 7.03. The molecule has 3 rings (SSSR count). The van der Waals surface area contributed by atoms with E-state index in [1.165, 1.54) is 3.57 Å². The Labute approximate surface area is 125 Å². The molecule has 19 heavy (non-hydrogen) atoms. The molecule has 0 aliphatic rings. The zero-order chi connectivity index (χ0) is 13.1. The first kappa shape index (κ1) is 12.2. The summed E-state index contributed by atoms with van der Waals surface area (Å²) in [5.74, 6) is 0.815. The molecule has 0 saturated heterocycles. The smallest absolute Gasteiger partial charge is 0.212 e. The fourth-order valence-corrected chi connectivity index (χ4v) is 2.54. The Kier molecular flexibility index (Phi) is 3.50. The Morgan fingerprint density at radius 3 is 2.47 bits per heavy atom. The number of imidazole rings is 1. The Bertz CT molecular complexity index is 677. The van der Waals surface area contributed by atoms with Gasteiger partial charge in [-0.05, 0) is 46.9 Å². The maximum absolute atomic E-state index is 4.38. The van der Waals surface area contributed by atoms with Crippen LogP contribution in [0, 0.1) is 3.57 Å². The number of nitrogens with zero attached hydrogens (tertiary/aromatic N) is 2. The van der Waals surface area contributed by atoms with E-state index in [-0.39, 0.29) is 0 Å². The van der Waals surface area contributed by atoms with E-state index in [0.29, 0.717) is 0 Å². The molecule has 0 spiro atoms. The van der Waals surface area contributed by atoms with E-state index in [9.17, 15) is 0 Å². The highest BCUT2D eigenvalue weighted by atomic mass is 127. The van der Waals surface area contributed by atoms with Gasteiger partial charge in [0.2, 0.25) is 5.95 Å². The van der Waals surface area contributed by atoms with Crippen molar-refractivity contribution in [3.8, 4) is 5.69 Å². The number of benzene rings is 2. The van der Waals surface area contributed by atoms with E-state index in [2.05, 4.69) is 49.6 Å². The molecule has 0 amide bonds. The predicted molar refractivity (Wildman–Crippen MR) is 86.0 cm³/mol. The quantitative estimate of drug-likeness (QED) is 0.708. The third-order valence-electron chi connectivity index (χ3n) is 2.78. The van der Waals surface area contributed by atoms with Crippen LogP contribution >= 0.6 is 22.6 Å². The predicted octanol–water partition coefficient (Wildman–Crippen LogP) is 4.22. The van der Waals surface area contributed by atoms with Gasteiger partial charge >= 0.3 is 0 Å². The normalized spacial score (nSPS) is 10.4. The van der Waals surface area contributed by atoms with Crippen LogP contribution in [-0.2, 0) is 0 Å². The molecular formula is C15H12IN3. The average molecular weight is 361 g/mol. The number of rotatable bonds is 3. The fraction of sp³-hybridized carbons (Fsp3) is 0. The van der Waals surface area contributed by atoms with Gasteiger partial charge in [0.05, 0.1) is 5.69 Å². The molecule has 0 atom stereocenters. The van der Waals surface area contributed by atoms with E-state index in [0.717, 1.165) is 17.3 Å². The zero-order valence-corrected chi connectivity index (χ0v) is 12.3. The van der Waals surface area contributed by atoms with Gasteiger partial charge < -0.3 is 5.32 Å². The van der Waals surface area contributed by atoms with Crippen LogP contribution < -0.4 is 5.32 Å². The Morgan fingerprint density at radius 1 is 0.947 bits per heavy atom. The SMILES string of the molecule is Ic1ccccc1-n1ccnc1Nc1ccccc1. The zero-order valence-electron chi connectivity index (χ0n) is 10.1. The molecule has 0 bridgehead atoms. The lowest BCUT2D eigenvalue weighted by molar-refractivity contribution is 1.06. The second-order valence-electron chi connectivity index (χ2n) is 4.06. The van der Waals surface area contributed by atoms with E-state index in [4.69, 9.17) is 0 Å². The van der Waals surface area contributed by atoms with Crippen LogP contribution in [-0.4, -0.2) is 9.55 Å². The maximum atomic E-state index is 4.38. The molecule has 0 fully saturated rings. The van der Waals surface area contributed by atoms with Crippen molar-refractivity contribution in [2.45, 2.75) is 0 Å². The third-order valence-corrected chi connectivity index (χ3v) is 3.69. The molecular weight excluding hydrogens is 349 g/mol. The van der Waals surface area contributed by atoms with Gasteiger partial charge in [-0.2, -0.15) is 0 Å². The van der Waals surface area contributed by atoms with E-state index in [1.54, 1.807) is 6.20 Å². The lowest BCUT2D eigenvalue weighted by Crippen LogP contribution is -2.02. The number of para-hydroxylation sites is 2. The molecule has 1 N–H and O–H groups in total. The summed E-state index contributed by atoms with van der Waals surface area (Å²) in [5.41, 5.74) is 2.15. The number of hydrogen-bond donors (Lipinski definition) is 1. The lowest BCUT2D eigenvalue weighted by Gasteiger charge is -2.11. The summed E-state index contributed by atoms with van der Waals surface area (Å²) >= 11 is 2.33. The van der Waals surface area contributed by atoms with Crippen LogP contribution in [0.1, 0.15) is 0 Å². The van der Waals surface area contributed by atoms with Crippen LogP contribution in [0.3, 0.4) is 0 Å². The topological polar surface area (TPSA) is 29.9 Å². The molecule has 0 aliphatic heterocycles. The molecule has 0 saturated carbocycles. The lowest BCUT2D eigenvalue weighted by atomic mass is 10.3. The molecule has 0 unspecified atom stereocenters. The van der Waals surface area contributed by atoms with Crippen LogP contribution in [0.2, 0.25) is 0 Å². The van der Waals surface area contributed by atoms with Gasteiger partial charge in [-0.15, -0.1) is 0 Å². The summed E-state index contributed by atoms with van der Waals surface area (Å²) in [6.45, 7) is 0. The van der Waals surface area contributed by atoms with Crippen LogP contribution in [0.25, 0.3) is 5.69 Å². The van der Waals surface area contributed by atoms with Crippen molar-refractivity contribution >= 4 is 34.2 Å². The number of anilines is 2. The summed E-state index contributed by atoms with van der Waals surface area (Å²) in [6.07, 6.45) is 3.76. The Balaban J connectivity index is 1.98. The molecule has 0 aliphatic carbocycles. The molecule has 94 valence electrons. The number of nitrogens with one attached hydrogen (secondary N) is 1. The maximum Gasteiger partial charge on any atom is 0.212 e. The van der Waals surface area contributed by atoms with Crippen molar-refractivity contribution in [2.75, 3.05) is 5.32 Å². The van der Waals surface area contributed by atoms with Crippen molar-refractivity contribution in [3.63, 3.8) is 0 Å². The molecule has 3 nitrogen and oxygen atoms in total. The monoisotopic (exact) mass is 361 g/mol. The fourth-order valence-electron chi connectivity index (χ4n) is 1.89. The first-order chi connectivity index (χ1) is 9.34. The van der Waals surface area contributed by atoms with Gasteiger partial charge in [0.1, 0.15) is 0 Å².